The summed E-state index contributed by atoms with van der Waals surface area (Å²) in [6, 6.07) is 0. The average Bonchev–Trinajstić information content (AvgIpc) is 2.62. The van der Waals surface area contributed by atoms with Crippen molar-refractivity contribution in [2.45, 2.75) is 38.9 Å². The number of hydrogen-bond donors (Lipinski definition) is 0. The van der Waals surface area contributed by atoms with Gasteiger partial charge in [-0.05, 0) is 0 Å². The van der Waals surface area contributed by atoms with Gasteiger partial charge in [0, 0.05) is 0 Å². The maximum atomic E-state index is 11.8. The first-order valence-corrected chi connectivity index (χ1v) is 7.26. The second-order valence-electron chi connectivity index (χ2n) is 4.05. The van der Waals surface area contributed by atoms with Crippen molar-refractivity contribution in [3.63, 3.8) is 0 Å². The Kier molecular flexibility index (Phi) is 3.99. The Balaban J connectivity index is 3.23. The molecule has 0 aromatic carbocycles. The predicted molar refractivity (Wildman–Crippen MR) is 63.3 cm³/mol. The van der Waals surface area contributed by atoms with Crippen LogP contribution in [0.2, 0.25) is 0 Å². The summed E-state index contributed by atoms with van der Waals surface area (Å²) in [7, 11) is 0.0497. The minimum absolute atomic E-state index is 0.151. The second kappa shape index (κ2) is 4.53. The third-order valence-electron chi connectivity index (χ3n) is 3.22. The van der Waals surface area contributed by atoms with Gasteiger partial charge in [0.25, 0.3) is 0 Å². The van der Waals surface area contributed by atoms with Gasteiger partial charge in [0.2, 0.25) is 0 Å². The van der Waals surface area contributed by atoms with Gasteiger partial charge in [-0.1, -0.05) is 0 Å². The molecule has 1 saturated heterocycles. The van der Waals surface area contributed by atoms with Gasteiger partial charge in [-0.2, -0.15) is 0 Å². The molecule has 1 fully saturated rings. The summed E-state index contributed by atoms with van der Waals surface area (Å²) in [5.74, 6) is -0.151. The van der Waals surface area contributed by atoms with Gasteiger partial charge in [0.15, 0.2) is 0 Å². The number of rotatable bonds is 5. The van der Waals surface area contributed by atoms with Crippen LogP contribution in [-0.2, 0) is 27.4 Å². The van der Waals surface area contributed by atoms with Crippen LogP contribution in [0.25, 0.3) is 0 Å². The molecule has 1 rings (SSSR count). The van der Waals surface area contributed by atoms with E-state index in [2.05, 4.69) is 0 Å². The van der Waals surface area contributed by atoms with Gasteiger partial charge in [0.05, 0.1) is 0 Å². The van der Waals surface area contributed by atoms with E-state index in [0.717, 1.165) is 0 Å². The molecule has 17 heavy (non-hydrogen) atoms. The Labute approximate surface area is 102 Å². The summed E-state index contributed by atoms with van der Waals surface area (Å²) in [6.07, 6.45) is 0.127. The Hall–Kier alpha value is -0.1000. The number of ketones is 1. The molecule has 0 aliphatic carbocycles. The van der Waals surface area contributed by atoms with Crippen molar-refractivity contribution in [1.82, 2.24) is 0 Å². The first kappa shape index (κ1) is 15.0. The van der Waals surface area contributed by atoms with Gasteiger partial charge in [-0.3, -0.25) is 0 Å². The third kappa shape index (κ3) is 2.03. The molecule has 2 atom stereocenters. The van der Waals surface area contributed by atoms with Gasteiger partial charge < -0.3 is 0 Å². The SMILES string of the molecule is CCC1OP(OC)(OC)(OC)OC1(C)C(C)=O. The van der Waals surface area contributed by atoms with Gasteiger partial charge in [-0.15, -0.1) is 0 Å². The number of hydrogen-bond acceptors (Lipinski definition) is 6. The van der Waals surface area contributed by atoms with Crippen LogP contribution >= 0.6 is 7.74 Å². The zero-order chi connectivity index (χ0) is 13.3. The third-order valence-corrected chi connectivity index (χ3v) is 6.28. The van der Waals surface area contributed by atoms with Crippen LogP contribution in [0, 0.1) is 0 Å². The molecule has 0 saturated carbocycles. The Morgan fingerprint density at radius 3 is 2.00 bits per heavy atom. The standard InChI is InChI=1S/C10H21O6P/c1-7-9-10(3,8(2)11)16-17(12-4,13-5,14-6)15-9/h9H,7H2,1-6H3. The molecule has 6 nitrogen and oxygen atoms in total. The number of carbonyl (C=O) groups excluding carboxylic acids is 1. The molecular weight excluding hydrogens is 247 g/mol. The van der Waals surface area contributed by atoms with Gasteiger partial charge in [-0.25, -0.2) is 0 Å². The van der Waals surface area contributed by atoms with Gasteiger partial charge >= 0.3 is 101 Å². The van der Waals surface area contributed by atoms with E-state index < -0.39 is 19.4 Å². The summed E-state index contributed by atoms with van der Waals surface area (Å²) < 4.78 is 27.2. The van der Waals surface area contributed by atoms with Crippen molar-refractivity contribution in [3.05, 3.63) is 0 Å². The van der Waals surface area contributed by atoms with Crippen molar-refractivity contribution < 1.29 is 27.4 Å². The first-order valence-electron chi connectivity index (χ1n) is 5.44. The normalized spacial score (nSPS) is 37.3. The van der Waals surface area contributed by atoms with E-state index in [1.54, 1.807) is 6.92 Å². The van der Waals surface area contributed by atoms with Crippen molar-refractivity contribution in [2.24, 2.45) is 0 Å². The molecule has 0 spiro atoms. The average molecular weight is 268 g/mol. The molecule has 0 bridgehead atoms. The summed E-state index contributed by atoms with van der Waals surface area (Å²) in [6.45, 7) is 5.01. The predicted octanol–water partition coefficient (Wildman–Crippen LogP) is 2.23. The molecule has 102 valence electrons. The molecule has 1 aliphatic heterocycles. The van der Waals surface area contributed by atoms with E-state index in [9.17, 15) is 4.79 Å². The zero-order valence-corrected chi connectivity index (χ0v) is 12.1. The van der Waals surface area contributed by atoms with Crippen molar-refractivity contribution in [2.75, 3.05) is 21.3 Å². The summed E-state index contributed by atoms with van der Waals surface area (Å²) in [5, 5.41) is 0. The van der Waals surface area contributed by atoms with Crippen molar-refractivity contribution >= 4 is 13.5 Å². The fourth-order valence-electron chi connectivity index (χ4n) is 1.92. The van der Waals surface area contributed by atoms with Gasteiger partial charge in [0.1, 0.15) is 0 Å². The van der Waals surface area contributed by atoms with Crippen LogP contribution in [0.1, 0.15) is 27.2 Å². The molecule has 0 amide bonds. The summed E-state index contributed by atoms with van der Waals surface area (Å²) >= 11 is 0. The van der Waals surface area contributed by atoms with E-state index in [-0.39, 0.29) is 5.78 Å². The van der Waals surface area contributed by atoms with E-state index in [1.807, 2.05) is 6.92 Å². The molecular formula is C10H21O6P. The summed E-state index contributed by atoms with van der Waals surface area (Å²) in [4.78, 5) is 11.8. The molecule has 1 aliphatic rings. The molecule has 0 radical (unpaired) electrons. The van der Waals surface area contributed by atoms with E-state index in [0.29, 0.717) is 6.42 Å². The van der Waals surface area contributed by atoms with Crippen LogP contribution in [0.15, 0.2) is 0 Å². The fraction of sp³-hybridized carbons (Fsp3) is 0.900. The topological polar surface area (TPSA) is 63.2 Å². The van der Waals surface area contributed by atoms with E-state index in [4.69, 9.17) is 22.6 Å². The van der Waals surface area contributed by atoms with Crippen LogP contribution in [-0.4, -0.2) is 38.8 Å². The Bertz CT molecular complexity index is 305. The van der Waals surface area contributed by atoms with Crippen molar-refractivity contribution in [3.8, 4) is 0 Å². The van der Waals surface area contributed by atoms with Crippen LogP contribution in [0.3, 0.4) is 0 Å². The quantitative estimate of drug-likeness (QED) is 0.712. The van der Waals surface area contributed by atoms with Crippen LogP contribution in [0.5, 0.6) is 0 Å². The Morgan fingerprint density at radius 2 is 1.76 bits per heavy atom. The molecule has 1 heterocycles. The van der Waals surface area contributed by atoms with E-state index in [1.165, 1.54) is 28.3 Å². The minimum atomic E-state index is -4.09. The molecule has 0 aromatic rings. The zero-order valence-electron chi connectivity index (χ0n) is 11.2. The van der Waals surface area contributed by atoms with Crippen molar-refractivity contribution in [1.29, 1.82) is 0 Å². The number of carbonyl (C=O) groups is 1. The van der Waals surface area contributed by atoms with E-state index >= 15 is 0 Å². The summed E-state index contributed by atoms with van der Waals surface area (Å²) in [5.41, 5.74) is -1.12. The Morgan fingerprint density at radius 1 is 1.29 bits per heavy atom. The molecule has 2 unspecified atom stereocenters. The molecule has 0 N–H and O–H groups in total. The van der Waals surface area contributed by atoms with Crippen LogP contribution in [0.4, 0.5) is 0 Å². The molecule has 7 heteroatoms. The number of Topliss-reactive ketones (excluding diaryl/α,β-unsaturated/α-hetero) is 1. The fourth-order valence-corrected chi connectivity index (χ4v) is 4.52. The maximum absolute atomic E-state index is 11.8. The molecule has 0 aromatic heterocycles. The van der Waals surface area contributed by atoms with Crippen LogP contribution < -0.4 is 0 Å². The first-order chi connectivity index (χ1) is 7.81. The monoisotopic (exact) mass is 268 g/mol. The second-order valence-corrected chi connectivity index (χ2v) is 7.03.